The van der Waals surface area contributed by atoms with E-state index in [4.69, 9.17) is 16.3 Å². The predicted molar refractivity (Wildman–Crippen MR) is 114 cm³/mol. The summed E-state index contributed by atoms with van der Waals surface area (Å²) in [6.07, 6.45) is -2.63. The maximum atomic E-state index is 14.9. The molecule has 1 aliphatic rings. The first kappa shape index (κ1) is 23.4. The molecule has 1 fully saturated rings. The van der Waals surface area contributed by atoms with Gasteiger partial charge in [-0.3, -0.25) is 0 Å². The van der Waals surface area contributed by atoms with Crippen molar-refractivity contribution in [2.45, 2.75) is 38.2 Å². The molecule has 1 saturated heterocycles. The van der Waals surface area contributed by atoms with E-state index in [2.05, 4.69) is 4.72 Å². The average molecular weight is 473 g/mol. The standard InChI is InChI=1S/C21H23ClF2N2O4S/c1-2-31(28,29)25-20-17(23)12-26(21(27)30-13-14-7-4-3-5-8-14)18(20)11-15-9-6-10-16(22)19(15)24/h3-10,17-18,20,25H,2,11-13H2,1H3/t17-,18-,20-/m0/s1. The number of sulfonamides is 1. The van der Waals surface area contributed by atoms with Crippen LogP contribution >= 0.6 is 11.6 Å². The molecule has 1 heterocycles. The van der Waals surface area contributed by atoms with Gasteiger partial charge in [-0.2, -0.15) is 0 Å². The number of halogens is 3. The fraction of sp³-hybridized carbons (Fsp3) is 0.381. The summed E-state index contributed by atoms with van der Waals surface area (Å²) in [5, 5.41) is -0.115. The van der Waals surface area contributed by atoms with E-state index in [1.54, 1.807) is 24.3 Å². The molecule has 6 nitrogen and oxygen atoms in total. The largest absolute Gasteiger partial charge is 0.445 e. The summed E-state index contributed by atoms with van der Waals surface area (Å²) in [5.41, 5.74) is 0.890. The molecule has 0 unspecified atom stereocenters. The summed E-state index contributed by atoms with van der Waals surface area (Å²) in [6.45, 7) is 1.01. The molecular formula is C21H23ClF2N2O4S. The van der Waals surface area contributed by atoms with E-state index in [1.807, 2.05) is 6.07 Å². The van der Waals surface area contributed by atoms with Gasteiger partial charge in [0.2, 0.25) is 10.0 Å². The van der Waals surface area contributed by atoms with E-state index in [0.29, 0.717) is 0 Å². The normalized spacial score (nSPS) is 21.3. The minimum absolute atomic E-state index is 0.0310. The van der Waals surface area contributed by atoms with Gasteiger partial charge in [0, 0.05) is 0 Å². The van der Waals surface area contributed by atoms with Crippen LogP contribution in [-0.4, -0.2) is 50.0 Å². The number of benzene rings is 2. The van der Waals surface area contributed by atoms with Crippen LogP contribution in [0.15, 0.2) is 48.5 Å². The van der Waals surface area contributed by atoms with Gasteiger partial charge in [0.05, 0.1) is 29.4 Å². The number of ether oxygens (including phenoxy) is 1. The SMILES string of the molecule is CCS(=O)(=O)N[C@H]1[C@@H](F)CN(C(=O)OCc2ccccc2)[C@H]1Cc1cccc(Cl)c1F. The van der Waals surface area contributed by atoms with Gasteiger partial charge < -0.3 is 9.64 Å². The van der Waals surface area contributed by atoms with E-state index in [9.17, 15) is 22.0 Å². The Labute approximate surface area is 185 Å². The quantitative estimate of drug-likeness (QED) is 0.667. The van der Waals surface area contributed by atoms with Crippen LogP contribution in [0, 0.1) is 5.82 Å². The molecule has 1 amide bonds. The monoisotopic (exact) mass is 472 g/mol. The molecule has 0 bridgehead atoms. The van der Waals surface area contributed by atoms with Crippen molar-refractivity contribution >= 4 is 27.7 Å². The Hall–Kier alpha value is -2.23. The zero-order valence-corrected chi connectivity index (χ0v) is 18.4. The Bertz CT molecular complexity index is 1020. The molecule has 0 saturated carbocycles. The Morgan fingerprint density at radius 3 is 2.61 bits per heavy atom. The maximum absolute atomic E-state index is 14.9. The lowest BCUT2D eigenvalue weighted by atomic mass is 10.00. The van der Waals surface area contributed by atoms with Crippen molar-refractivity contribution in [3.63, 3.8) is 0 Å². The van der Waals surface area contributed by atoms with Crippen molar-refractivity contribution < 1.29 is 26.7 Å². The van der Waals surface area contributed by atoms with Crippen LogP contribution in [-0.2, 0) is 27.8 Å². The predicted octanol–water partition coefficient (Wildman–Crippen LogP) is 3.69. The molecule has 0 aliphatic carbocycles. The van der Waals surface area contributed by atoms with Gasteiger partial charge in [0.1, 0.15) is 18.6 Å². The minimum Gasteiger partial charge on any atom is -0.445 e. The second-order valence-corrected chi connectivity index (χ2v) is 9.69. The van der Waals surface area contributed by atoms with Crippen molar-refractivity contribution in [1.82, 2.24) is 9.62 Å². The highest BCUT2D eigenvalue weighted by Crippen LogP contribution is 2.28. The van der Waals surface area contributed by atoms with Gasteiger partial charge in [-0.1, -0.05) is 54.1 Å². The van der Waals surface area contributed by atoms with E-state index in [-0.39, 0.29) is 35.9 Å². The number of rotatable bonds is 7. The highest BCUT2D eigenvalue weighted by atomic mass is 35.5. The molecule has 1 N–H and O–H groups in total. The number of hydrogen-bond donors (Lipinski definition) is 1. The van der Waals surface area contributed by atoms with Crippen LogP contribution < -0.4 is 4.72 Å². The fourth-order valence-electron chi connectivity index (χ4n) is 3.50. The fourth-order valence-corrected chi connectivity index (χ4v) is 4.58. The summed E-state index contributed by atoms with van der Waals surface area (Å²) in [7, 11) is -3.77. The number of nitrogens with one attached hydrogen (secondary N) is 1. The first-order valence-electron chi connectivity index (χ1n) is 9.76. The lowest BCUT2D eigenvalue weighted by Gasteiger charge is -2.28. The highest BCUT2D eigenvalue weighted by Gasteiger charge is 2.46. The van der Waals surface area contributed by atoms with Gasteiger partial charge in [0.25, 0.3) is 0 Å². The molecule has 0 radical (unpaired) electrons. The Kier molecular flexibility index (Phi) is 7.51. The molecule has 0 spiro atoms. The minimum atomic E-state index is -3.77. The molecule has 3 atom stereocenters. The third-order valence-electron chi connectivity index (χ3n) is 5.17. The van der Waals surface area contributed by atoms with E-state index in [0.717, 1.165) is 10.5 Å². The number of alkyl halides is 1. The highest BCUT2D eigenvalue weighted by molar-refractivity contribution is 7.89. The van der Waals surface area contributed by atoms with Crippen LogP contribution in [0.4, 0.5) is 13.6 Å². The van der Waals surface area contributed by atoms with Crippen molar-refractivity contribution in [3.05, 3.63) is 70.5 Å². The molecule has 168 valence electrons. The van der Waals surface area contributed by atoms with Crippen molar-refractivity contribution in [2.24, 2.45) is 0 Å². The molecule has 2 aromatic rings. The van der Waals surface area contributed by atoms with Crippen molar-refractivity contribution in [2.75, 3.05) is 12.3 Å². The molecule has 0 aromatic heterocycles. The smallest absolute Gasteiger partial charge is 0.410 e. The van der Waals surface area contributed by atoms with Gasteiger partial charge in [-0.25, -0.2) is 26.7 Å². The summed E-state index contributed by atoms with van der Waals surface area (Å²) in [6, 6.07) is 11.1. The topological polar surface area (TPSA) is 75.7 Å². The second kappa shape index (κ2) is 9.93. The van der Waals surface area contributed by atoms with Gasteiger partial charge >= 0.3 is 6.09 Å². The van der Waals surface area contributed by atoms with E-state index < -0.39 is 40.2 Å². The molecule has 1 aliphatic heterocycles. The number of nitrogens with zero attached hydrogens (tertiary/aromatic N) is 1. The molecule has 31 heavy (non-hydrogen) atoms. The average Bonchev–Trinajstić information content (AvgIpc) is 3.05. The van der Waals surface area contributed by atoms with Crippen LogP contribution in [0.5, 0.6) is 0 Å². The van der Waals surface area contributed by atoms with Crippen LogP contribution in [0.2, 0.25) is 5.02 Å². The Morgan fingerprint density at radius 2 is 1.94 bits per heavy atom. The van der Waals surface area contributed by atoms with Gasteiger partial charge in [0.15, 0.2) is 0 Å². The lowest BCUT2D eigenvalue weighted by molar-refractivity contribution is 0.0894. The summed E-state index contributed by atoms with van der Waals surface area (Å²) >= 11 is 5.84. The number of carbonyl (C=O) groups excluding carboxylic acids is 1. The van der Waals surface area contributed by atoms with E-state index >= 15 is 0 Å². The zero-order valence-electron chi connectivity index (χ0n) is 16.8. The van der Waals surface area contributed by atoms with Gasteiger partial charge in [-0.05, 0) is 30.5 Å². The van der Waals surface area contributed by atoms with Crippen LogP contribution in [0.25, 0.3) is 0 Å². The van der Waals surface area contributed by atoms with E-state index in [1.165, 1.54) is 25.1 Å². The maximum Gasteiger partial charge on any atom is 0.410 e. The van der Waals surface area contributed by atoms with Crippen LogP contribution in [0.3, 0.4) is 0 Å². The number of hydrogen-bond acceptors (Lipinski definition) is 4. The summed E-state index contributed by atoms with van der Waals surface area (Å²) in [4.78, 5) is 13.8. The molecule has 3 rings (SSSR count). The van der Waals surface area contributed by atoms with Gasteiger partial charge in [-0.15, -0.1) is 0 Å². The number of carbonyl (C=O) groups is 1. The third kappa shape index (κ3) is 5.72. The summed E-state index contributed by atoms with van der Waals surface area (Å²) < 4.78 is 61.2. The number of likely N-dealkylation sites (tertiary alicyclic amines) is 1. The van der Waals surface area contributed by atoms with Crippen molar-refractivity contribution in [3.8, 4) is 0 Å². The second-order valence-electron chi connectivity index (χ2n) is 7.24. The molecular weight excluding hydrogens is 450 g/mol. The number of amides is 1. The Balaban J connectivity index is 1.85. The molecule has 2 aromatic carbocycles. The zero-order chi connectivity index (χ0) is 22.6. The first-order valence-corrected chi connectivity index (χ1v) is 11.8. The third-order valence-corrected chi connectivity index (χ3v) is 6.85. The summed E-state index contributed by atoms with van der Waals surface area (Å²) in [5.74, 6) is -0.950. The first-order chi connectivity index (χ1) is 14.7. The molecule has 10 heteroatoms. The van der Waals surface area contributed by atoms with Crippen molar-refractivity contribution in [1.29, 1.82) is 0 Å². The van der Waals surface area contributed by atoms with Crippen LogP contribution in [0.1, 0.15) is 18.1 Å². The Morgan fingerprint density at radius 1 is 1.23 bits per heavy atom. The lowest BCUT2D eigenvalue weighted by Crippen LogP contribution is -2.50.